The summed E-state index contributed by atoms with van der Waals surface area (Å²) < 4.78 is 6.94. The Kier molecular flexibility index (Phi) is 6.46. The summed E-state index contributed by atoms with van der Waals surface area (Å²) in [7, 11) is 3.29. The van der Waals surface area contributed by atoms with Gasteiger partial charge in [0.05, 0.1) is 23.2 Å². The average molecular weight is 481 g/mol. The number of aromatic amines is 1. The van der Waals surface area contributed by atoms with Crippen LogP contribution in [0.2, 0.25) is 15.1 Å². The van der Waals surface area contributed by atoms with E-state index in [-0.39, 0.29) is 11.3 Å². The quantitative estimate of drug-likeness (QED) is 0.585. The molecule has 0 spiro atoms. The minimum atomic E-state index is -0.232. The second-order valence-electron chi connectivity index (χ2n) is 8.07. The topological polar surface area (TPSA) is 81.8 Å². The van der Waals surface area contributed by atoms with Crippen molar-refractivity contribution in [3.63, 3.8) is 0 Å². The van der Waals surface area contributed by atoms with Gasteiger partial charge in [0, 0.05) is 28.1 Å². The fraction of sp³-hybridized carbons (Fsp3) is 0.273. The molecule has 2 heterocycles. The van der Waals surface area contributed by atoms with Crippen LogP contribution in [0.3, 0.4) is 0 Å². The lowest BCUT2D eigenvalue weighted by Crippen LogP contribution is -2.30. The van der Waals surface area contributed by atoms with Crippen LogP contribution in [0.1, 0.15) is 32.0 Å². The second-order valence-corrected chi connectivity index (χ2v) is 9.26. The first-order valence-electron chi connectivity index (χ1n) is 9.43. The highest BCUT2D eigenvalue weighted by Gasteiger charge is 2.27. The summed E-state index contributed by atoms with van der Waals surface area (Å²) >= 11 is 19.4. The number of imidazole rings is 1. The Morgan fingerprint density at radius 2 is 1.84 bits per heavy atom. The first-order chi connectivity index (χ1) is 14.5. The van der Waals surface area contributed by atoms with Gasteiger partial charge in [0.15, 0.2) is 5.82 Å². The van der Waals surface area contributed by atoms with Gasteiger partial charge in [-0.05, 0) is 23.8 Å². The summed E-state index contributed by atoms with van der Waals surface area (Å²) in [4.78, 5) is 7.91. The summed E-state index contributed by atoms with van der Waals surface area (Å²) in [6, 6.07) is 5.27. The van der Waals surface area contributed by atoms with Crippen molar-refractivity contribution in [3.05, 3.63) is 61.8 Å². The molecule has 0 amide bonds. The SMILES string of the molecule is C=C(/C=c1/nc(-c2c(Cl)c(C(C)(C)C)nn2C)[nH]/c1=C(/N)OC)c1c(Cl)cccc1Cl. The third-order valence-electron chi connectivity index (χ3n) is 4.72. The molecule has 0 aliphatic heterocycles. The standard InChI is InChI=1S/C22H24Cl3N5O/c1-11(15-12(23)8-7-9-13(15)24)10-14-17(20(26)31-6)28-21(27-14)18-16(25)19(22(2,3)4)29-30(18)5/h7-10H,1,26H2,2-6H3,(H,27,28)/b14-10+,20-17-. The Bertz CT molecular complexity index is 1260. The molecule has 6 nitrogen and oxygen atoms in total. The number of aryl methyl sites for hydroxylation is 1. The number of hydrogen-bond donors (Lipinski definition) is 2. The third kappa shape index (κ3) is 4.47. The Morgan fingerprint density at radius 1 is 1.23 bits per heavy atom. The molecule has 3 N–H and O–H groups in total. The molecule has 164 valence electrons. The van der Waals surface area contributed by atoms with Crippen molar-refractivity contribution in [1.29, 1.82) is 0 Å². The van der Waals surface area contributed by atoms with Crippen LogP contribution in [0.25, 0.3) is 29.1 Å². The number of allylic oxidation sites excluding steroid dienone is 1. The molecule has 0 saturated carbocycles. The highest BCUT2D eigenvalue weighted by Crippen LogP contribution is 2.34. The summed E-state index contributed by atoms with van der Waals surface area (Å²) in [6.07, 6.45) is 1.74. The molecule has 0 saturated heterocycles. The molecule has 31 heavy (non-hydrogen) atoms. The number of methoxy groups -OCH3 is 1. The normalized spacial score (nSPS) is 13.5. The van der Waals surface area contributed by atoms with Gasteiger partial charge in [-0.15, -0.1) is 0 Å². The largest absolute Gasteiger partial charge is 0.481 e. The van der Waals surface area contributed by atoms with Crippen molar-refractivity contribution in [3.8, 4) is 11.5 Å². The molecule has 0 unspecified atom stereocenters. The molecule has 3 aromatic rings. The van der Waals surface area contributed by atoms with Crippen molar-refractivity contribution >= 4 is 52.3 Å². The van der Waals surface area contributed by atoms with Crippen molar-refractivity contribution in [2.24, 2.45) is 12.8 Å². The predicted octanol–water partition coefficient (Wildman–Crippen LogP) is 4.23. The van der Waals surface area contributed by atoms with Crippen LogP contribution < -0.4 is 16.4 Å². The molecule has 0 fully saturated rings. The zero-order valence-electron chi connectivity index (χ0n) is 18.0. The van der Waals surface area contributed by atoms with E-state index in [1.165, 1.54) is 7.11 Å². The summed E-state index contributed by atoms with van der Waals surface area (Å²) in [5, 5.41) is 7.06. The highest BCUT2D eigenvalue weighted by atomic mass is 35.5. The van der Waals surface area contributed by atoms with E-state index in [0.717, 1.165) is 5.69 Å². The van der Waals surface area contributed by atoms with Gasteiger partial charge < -0.3 is 15.5 Å². The molecule has 1 aromatic carbocycles. The number of H-pyrrole nitrogens is 1. The number of nitrogens with one attached hydrogen (secondary N) is 1. The van der Waals surface area contributed by atoms with Crippen LogP contribution in [0.5, 0.6) is 0 Å². The van der Waals surface area contributed by atoms with Gasteiger partial charge in [-0.3, -0.25) is 4.68 Å². The Labute approximate surface area is 196 Å². The first-order valence-corrected chi connectivity index (χ1v) is 10.6. The van der Waals surface area contributed by atoms with E-state index in [4.69, 9.17) is 50.3 Å². The zero-order valence-corrected chi connectivity index (χ0v) is 20.2. The highest BCUT2D eigenvalue weighted by molar-refractivity contribution is 6.38. The molecule has 3 rings (SSSR count). The fourth-order valence-electron chi connectivity index (χ4n) is 3.17. The molecule has 0 radical (unpaired) electrons. The summed E-state index contributed by atoms with van der Waals surface area (Å²) in [5.74, 6) is 0.659. The van der Waals surface area contributed by atoms with Crippen molar-refractivity contribution in [2.45, 2.75) is 26.2 Å². The third-order valence-corrected chi connectivity index (χ3v) is 5.71. The number of hydrogen-bond acceptors (Lipinski definition) is 4. The van der Waals surface area contributed by atoms with E-state index < -0.39 is 0 Å². The van der Waals surface area contributed by atoms with Gasteiger partial charge in [-0.1, -0.05) is 68.2 Å². The van der Waals surface area contributed by atoms with Gasteiger partial charge in [0.25, 0.3) is 0 Å². The lowest BCUT2D eigenvalue weighted by molar-refractivity contribution is 0.355. The monoisotopic (exact) mass is 479 g/mol. The molecular formula is C22H24Cl3N5O. The Balaban J connectivity index is 2.26. The minimum Gasteiger partial charge on any atom is -0.481 e. The maximum absolute atomic E-state index is 6.69. The van der Waals surface area contributed by atoms with E-state index >= 15 is 0 Å². The molecule has 0 aliphatic rings. The van der Waals surface area contributed by atoms with Crippen LogP contribution >= 0.6 is 34.8 Å². The average Bonchev–Trinajstić information content (AvgIpc) is 3.20. The summed E-state index contributed by atoms with van der Waals surface area (Å²) in [5.41, 5.74) is 8.44. The zero-order chi connectivity index (χ0) is 23.1. The van der Waals surface area contributed by atoms with E-state index in [2.05, 4.69) is 16.7 Å². The number of ether oxygens (including phenoxy) is 1. The summed E-state index contributed by atoms with van der Waals surface area (Å²) in [6.45, 7) is 10.3. The number of benzene rings is 1. The number of rotatable bonds is 4. The Hall–Kier alpha value is -2.41. The predicted molar refractivity (Wildman–Crippen MR) is 128 cm³/mol. The van der Waals surface area contributed by atoms with Crippen molar-refractivity contribution in [1.82, 2.24) is 19.7 Å². The minimum absolute atomic E-state index is 0.164. The molecule has 2 aromatic heterocycles. The number of halogens is 3. The van der Waals surface area contributed by atoms with E-state index in [9.17, 15) is 0 Å². The van der Waals surface area contributed by atoms with Gasteiger partial charge in [-0.2, -0.15) is 5.10 Å². The van der Waals surface area contributed by atoms with Crippen molar-refractivity contribution in [2.75, 3.05) is 7.11 Å². The number of aromatic nitrogens is 4. The first kappa shape index (κ1) is 23.3. The van der Waals surface area contributed by atoms with Gasteiger partial charge in [0.1, 0.15) is 11.0 Å². The molecule has 9 heteroatoms. The lowest BCUT2D eigenvalue weighted by atomic mass is 9.92. The maximum atomic E-state index is 6.69. The Morgan fingerprint density at radius 3 is 2.35 bits per heavy atom. The van der Waals surface area contributed by atoms with Crippen LogP contribution in [0, 0.1) is 0 Å². The van der Waals surface area contributed by atoms with E-state index in [0.29, 0.717) is 48.4 Å². The van der Waals surface area contributed by atoms with Crippen LogP contribution in [-0.2, 0) is 17.2 Å². The number of nitrogens with zero attached hydrogens (tertiary/aromatic N) is 3. The van der Waals surface area contributed by atoms with E-state index in [1.54, 1.807) is 29.0 Å². The molecule has 0 atom stereocenters. The van der Waals surface area contributed by atoms with E-state index in [1.807, 2.05) is 27.8 Å². The van der Waals surface area contributed by atoms with Crippen LogP contribution in [0.4, 0.5) is 0 Å². The maximum Gasteiger partial charge on any atom is 0.210 e. The second kappa shape index (κ2) is 8.61. The smallest absolute Gasteiger partial charge is 0.210 e. The molecular weight excluding hydrogens is 457 g/mol. The number of nitrogens with two attached hydrogens (primary N) is 1. The molecule has 0 bridgehead atoms. The van der Waals surface area contributed by atoms with Crippen LogP contribution in [0.15, 0.2) is 24.8 Å². The van der Waals surface area contributed by atoms with Gasteiger partial charge in [0.2, 0.25) is 5.88 Å². The van der Waals surface area contributed by atoms with Crippen molar-refractivity contribution < 1.29 is 4.74 Å². The molecule has 0 aliphatic carbocycles. The van der Waals surface area contributed by atoms with Gasteiger partial charge >= 0.3 is 0 Å². The lowest BCUT2D eigenvalue weighted by Gasteiger charge is -2.15. The van der Waals surface area contributed by atoms with Gasteiger partial charge in [-0.25, -0.2) is 4.98 Å². The fourth-order valence-corrected chi connectivity index (χ4v) is 4.34. The van der Waals surface area contributed by atoms with Crippen LogP contribution in [-0.4, -0.2) is 26.9 Å².